The van der Waals surface area contributed by atoms with E-state index in [1.165, 1.54) is 0 Å². The Morgan fingerprint density at radius 1 is 0.821 bits per heavy atom. The topological polar surface area (TPSA) is 75.3 Å². The largest absolute Gasteiger partial charge is 0.321 e. The van der Waals surface area contributed by atoms with E-state index < -0.39 is 10.0 Å². The molecule has 0 bridgehead atoms. The number of sulfonamides is 1. The van der Waals surface area contributed by atoms with Gasteiger partial charge < -0.3 is 5.32 Å². The zero-order chi connectivity index (χ0) is 19.6. The summed E-state index contributed by atoms with van der Waals surface area (Å²) in [4.78, 5) is 12.8. The minimum Gasteiger partial charge on any atom is -0.321 e. The van der Waals surface area contributed by atoms with Gasteiger partial charge in [0.15, 0.2) is 0 Å². The van der Waals surface area contributed by atoms with Crippen LogP contribution >= 0.6 is 0 Å². The molecule has 0 atom stereocenters. The highest BCUT2D eigenvalue weighted by atomic mass is 32.2. The van der Waals surface area contributed by atoms with Crippen LogP contribution in [-0.2, 0) is 10.0 Å². The minimum atomic E-state index is -3.63. The first-order valence-corrected chi connectivity index (χ1v) is 10.9. The van der Waals surface area contributed by atoms with Crippen LogP contribution in [0, 0.1) is 0 Å². The van der Waals surface area contributed by atoms with Crippen molar-refractivity contribution >= 4 is 32.4 Å². The molecule has 0 aromatic heterocycles. The van der Waals surface area contributed by atoms with Gasteiger partial charge in [-0.1, -0.05) is 55.3 Å². The molecule has 0 saturated heterocycles. The van der Waals surface area contributed by atoms with Crippen LogP contribution in [0.4, 0.5) is 5.69 Å². The lowest BCUT2D eigenvalue weighted by Gasteiger charge is -2.16. The van der Waals surface area contributed by atoms with E-state index in [-0.39, 0.29) is 16.8 Å². The number of amides is 1. The number of carbonyl (C=O) groups excluding carboxylic acids is 1. The zero-order valence-corrected chi connectivity index (χ0v) is 16.2. The Kier molecular flexibility index (Phi) is 5.15. The Morgan fingerprint density at radius 3 is 2.18 bits per heavy atom. The van der Waals surface area contributed by atoms with Gasteiger partial charge in [-0.2, -0.15) is 0 Å². The standard InChI is InChI=1S/C22H22N2O3S/c25-22(16-8-2-1-3-9-16)23-20-14-15-21(19-13-7-6-12-18(19)20)28(26,27)24-17-10-4-5-11-17/h1-3,6-9,12-15,17,24H,4-5,10-11H2,(H,23,25). The zero-order valence-electron chi connectivity index (χ0n) is 15.4. The fourth-order valence-corrected chi connectivity index (χ4v) is 5.24. The van der Waals surface area contributed by atoms with Crippen LogP contribution < -0.4 is 10.0 Å². The van der Waals surface area contributed by atoms with Crippen LogP contribution in [0.25, 0.3) is 10.8 Å². The summed E-state index contributed by atoms with van der Waals surface area (Å²) in [6.45, 7) is 0. The molecule has 0 radical (unpaired) electrons. The Labute approximate surface area is 164 Å². The number of anilines is 1. The van der Waals surface area contributed by atoms with Gasteiger partial charge in [0.1, 0.15) is 0 Å². The molecule has 1 saturated carbocycles. The summed E-state index contributed by atoms with van der Waals surface area (Å²) in [6, 6.07) is 19.4. The third-order valence-electron chi connectivity index (χ3n) is 5.13. The summed E-state index contributed by atoms with van der Waals surface area (Å²) < 4.78 is 28.8. The minimum absolute atomic E-state index is 0.00113. The Hall–Kier alpha value is -2.70. The van der Waals surface area contributed by atoms with Crippen LogP contribution in [0.2, 0.25) is 0 Å². The second-order valence-corrected chi connectivity index (χ2v) is 8.76. The molecule has 144 valence electrons. The molecule has 6 heteroatoms. The smallest absolute Gasteiger partial charge is 0.255 e. The Balaban J connectivity index is 1.70. The van der Waals surface area contributed by atoms with E-state index in [1.807, 2.05) is 18.2 Å². The predicted octanol–water partition coefficient (Wildman–Crippen LogP) is 4.31. The normalized spacial score (nSPS) is 15.0. The van der Waals surface area contributed by atoms with Gasteiger partial charge in [0.25, 0.3) is 5.91 Å². The third-order valence-corrected chi connectivity index (χ3v) is 6.71. The molecule has 4 rings (SSSR count). The van der Waals surface area contributed by atoms with Crippen molar-refractivity contribution in [3.63, 3.8) is 0 Å². The predicted molar refractivity (Wildman–Crippen MR) is 111 cm³/mol. The van der Waals surface area contributed by atoms with Gasteiger partial charge in [-0.15, -0.1) is 0 Å². The molecule has 1 amide bonds. The first-order valence-electron chi connectivity index (χ1n) is 9.45. The van der Waals surface area contributed by atoms with Crippen molar-refractivity contribution in [2.24, 2.45) is 0 Å². The number of rotatable bonds is 5. The van der Waals surface area contributed by atoms with E-state index in [0.717, 1.165) is 25.7 Å². The van der Waals surface area contributed by atoms with Crippen molar-refractivity contribution in [1.29, 1.82) is 0 Å². The number of hydrogen-bond donors (Lipinski definition) is 2. The molecule has 1 aliphatic rings. The van der Waals surface area contributed by atoms with Crippen molar-refractivity contribution < 1.29 is 13.2 Å². The molecule has 0 heterocycles. The van der Waals surface area contributed by atoms with E-state index in [1.54, 1.807) is 48.5 Å². The van der Waals surface area contributed by atoms with Crippen molar-refractivity contribution in [3.8, 4) is 0 Å². The summed E-state index contributed by atoms with van der Waals surface area (Å²) in [7, 11) is -3.63. The molecule has 0 spiro atoms. The van der Waals surface area contributed by atoms with Crippen molar-refractivity contribution in [3.05, 3.63) is 72.3 Å². The van der Waals surface area contributed by atoms with Gasteiger partial charge in [-0.05, 0) is 37.1 Å². The molecule has 0 unspecified atom stereocenters. The lowest BCUT2D eigenvalue weighted by Crippen LogP contribution is -2.32. The van der Waals surface area contributed by atoms with Gasteiger partial charge in [0, 0.05) is 28.1 Å². The summed E-state index contributed by atoms with van der Waals surface area (Å²) in [5, 5.41) is 4.19. The number of fused-ring (bicyclic) bond motifs is 1. The van der Waals surface area contributed by atoms with Crippen LogP contribution in [0.3, 0.4) is 0 Å². The van der Waals surface area contributed by atoms with Crippen LogP contribution in [0.5, 0.6) is 0 Å². The molecule has 3 aromatic carbocycles. The van der Waals surface area contributed by atoms with E-state index >= 15 is 0 Å². The van der Waals surface area contributed by atoms with E-state index in [0.29, 0.717) is 22.0 Å². The third kappa shape index (κ3) is 3.79. The van der Waals surface area contributed by atoms with E-state index in [2.05, 4.69) is 10.0 Å². The van der Waals surface area contributed by atoms with Gasteiger partial charge in [0.05, 0.1) is 4.90 Å². The maximum absolute atomic E-state index is 13.0. The van der Waals surface area contributed by atoms with Crippen LogP contribution in [-0.4, -0.2) is 20.4 Å². The first-order chi connectivity index (χ1) is 13.5. The van der Waals surface area contributed by atoms with Crippen molar-refractivity contribution in [2.45, 2.75) is 36.6 Å². The molecule has 3 aromatic rings. The average Bonchev–Trinajstić information content (AvgIpc) is 3.21. The van der Waals surface area contributed by atoms with Gasteiger partial charge >= 0.3 is 0 Å². The fourth-order valence-electron chi connectivity index (χ4n) is 3.73. The average molecular weight is 394 g/mol. The van der Waals surface area contributed by atoms with Crippen molar-refractivity contribution in [1.82, 2.24) is 4.72 Å². The summed E-state index contributed by atoms with van der Waals surface area (Å²) in [5.74, 6) is -0.231. The highest BCUT2D eigenvalue weighted by Gasteiger charge is 2.25. The number of benzene rings is 3. The number of carbonyl (C=O) groups is 1. The highest BCUT2D eigenvalue weighted by molar-refractivity contribution is 7.89. The van der Waals surface area contributed by atoms with E-state index in [9.17, 15) is 13.2 Å². The molecule has 1 aliphatic carbocycles. The second-order valence-electron chi connectivity index (χ2n) is 7.08. The maximum Gasteiger partial charge on any atom is 0.255 e. The SMILES string of the molecule is O=C(Nc1ccc(S(=O)(=O)NC2CCCC2)c2ccccc12)c1ccccc1. The van der Waals surface area contributed by atoms with Gasteiger partial charge in [-0.25, -0.2) is 13.1 Å². The van der Waals surface area contributed by atoms with Crippen LogP contribution in [0.15, 0.2) is 71.6 Å². The van der Waals surface area contributed by atoms with Gasteiger partial charge in [0.2, 0.25) is 10.0 Å². The Morgan fingerprint density at radius 2 is 1.46 bits per heavy atom. The maximum atomic E-state index is 13.0. The lowest BCUT2D eigenvalue weighted by atomic mass is 10.1. The Bertz CT molecular complexity index is 1110. The van der Waals surface area contributed by atoms with Crippen LogP contribution in [0.1, 0.15) is 36.0 Å². The quantitative estimate of drug-likeness (QED) is 0.677. The number of nitrogens with one attached hydrogen (secondary N) is 2. The van der Waals surface area contributed by atoms with Crippen molar-refractivity contribution in [2.75, 3.05) is 5.32 Å². The summed E-state index contributed by atoms with van der Waals surface area (Å²) >= 11 is 0. The molecular weight excluding hydrogens is 372 g/mol. The molecule has 1 fully saturated rings. The molecule has 2 N–H and O–H groups in total. The first kappa shape index (κ1) is 18.7. The summed E-state index contributed by atoms with van der Waals surface area (Å²) in [6.07, 6.45) is 3.86. The molecule has 5 nitrogen and oxygen atoms in total. The molecular formula is C22H22N2O3S. The highest BCUT2D eigenvalue weighted by Crippen LogP contribution is 2.30. The monoisotopic (exact) mass is 394 g/mol. The second kappa shape index (κ2) is 7.73. The summed E-state index contributed by atoms with van der Waals surface area (Å²) in [5.41, 5.74) is 1.13. The molecule has 0 aliphatic heterocycles. The fraction of sp³-hybridized carbons (Fsp3) is 0.227. The lowest BCUT2D eigenvalue weighted by molar-refractivity contribution is 0.102. The van der Waals surface area contributed by atoms with Gasteiger partial charge in [-0.3, -0.25) is 4.79 Å². The number of hydrogen-bond acceptors (Lipinski definition) is 3. The van der Waals surface area contributed by atoms with E-state index in [4.69, 9.17) is 0 Å². The molecule has 28 heavy (non-hydrogen) atoms.